The lowest BCUT2D eigenvalue weighted by Gasteiger charge is -2.15. The molecule has 0 aliphatic heterocycles. The van der Waals surface area contributed by atoms with Crippen molar-refractivity contribution in [3.63, 3.8) is 0 Å². The Kier molecular flexibility index (Phi) is 6.85. The van der Waals surface area contributed by atoms with Crippen LogP contribution in [0.25, 0.3) is 10.8 Å². The molecule has 0 bridgehead atoms. The quantitative estimate of drug-likeness (QED) is 0.435. The van der Waals surface area contributed by atoms with Crippen LogP contribution < -0.4 is 10.1 Å². The molecule has 26 heavy (non-hydrogen) atoms. The van der Waals surface area contributed by atoms with E-state index in [0.29, 0.717) is 0 Å². The molecule has 7 heteroatoms. The maximum Gasteiger partial charge on any atom is 0.209 e. The molecule has 0 saturated carbocycles. The van der Waals surface area contributed by atoms with Gasteiger partial charge in [-0.1, -0.05) is 49.0 Å². The van der Waals surface area contributed by atoms with E-state index in [1.165, 1.54) is 16.3 Å². The van der Waals surface area contributed by atoms with Crippen LogP contribution in [0.1, 0.15) is 25.3 Å². The fourth-order valence-electron chi connectivity index (χ4n) is 2.76. The van der Waals surface area contributed by atoms with Gasteiger partial charge in [0.15, 0.2) is 0 Å². The first-order valence-electron chi connectivity index (χ1n) is 8.99. The van der Waals surface area contributed by atoms with Crippen LogP contribution in [-0.2, 0) is 13.6 Å². The van der Waals surface area contributed by atoms with Crippen molar-refractivity contribution < 1.29 is 4.74 Å². The summed E-state index contributed by atoms with van der Waals surface area (Å²) in [4.78, 5) is 0. The van der Waals surface area contributed by atoms with Gasteiger partial charge in [0.1, 0.15) is 5.75 Å². The number of aryl methyl sites for hydroxylation is 1. The monoisotopic (exact) mass is 371 g/mol. The van der Waals surface area contributed by atoms with E-state index in [1.54, 1.807) is 16.4 Å². The third kappa shape index (κ3) is 4.74. The first-order chi connectivity index (χ1) is 12.8. The highest BCUT2D eigenvalue weighted by atomic mass is 32.2. The van der Waals surface area contributed by atoms with Gasteiger partial charge in [0.05, 0.1) is 6.61 Å². The van der Waals surface area contributed by atoms with E-state index in [4.69, 9.17) is 4.74 Å². The molecule has 1 heterocycles. The van der Waals surface area contributed by atoms with Crippen molar-refractivity contribution in [2.45, 2.75) is 31.5 Å². The van der Waals surface area contributed by atoms with E-state index < -0.39 is 0 Å². The largest absolute Gasteiger partial charge is 0.493 e. The molecule has 6 nitrogen and oxygen atoms in total. The second kappa shape index (κ2) is 9.54. The summed E-state index contributed by atoms with van der Waals surface area (Å²) in [7, 11) is 1.86. The molecule has 3 aromatic rings. The maximum absolute atomic E-state index is 5.97. The topological polar surface area (TPSA) is 64.9 Å². The highest BCUT2D eigenvalue weighted by Gasteiger charge is 2.09. The van der Waals surface area contributed by atoms with E-state index in [-0.39, 0.29) is 0 Å². The van der Waals surface area contributed by atoms with E-state index in [0.717, 1.165) is 49.2 Å². The minimum absolute atomic E-state index is 0.744. The minimum atomic E-state index is 0.744. The summed E-state index contributed by atoms with van der Waals surface area (Å²) in [5.74, 6) is 1.97. The predicted molar refractivity (Wildman–Crippen MR) is 106 cm³/mol. The zero-order chi connectivity index (χ0) is 18.2. The smallest absolute Gasteiger partial charge is 0.209 e. The number of fused-ring (bicyclic) bond motifs is 1. The summed E-state index contributed by atoms with van der Waals surface area (Å²) >= 11 is 1.68. The molecule has 0 spiro atoms. The third-order valence-electron chi connectivity index (χ3n) is 4.07. The lowest BCUT2D eigenvalue weighted by molar-refractivity contribution is 0.314. The Morgan fingerprint density at radius 3 is 2.88 bits per heavy atom. The van der Waals surface area contributed by atoms with Gasteiger partial charge in [0.25, 0.3) is 0 Å². The molecule has 0 radical (unpaired) electrons. The average molecular weight is 372 g/mol. The molecule has 0 fully saturated rings. The summed E-state index contributed by atoms with van der Waals surface area (Å²) in [6, 6.07) is 12.7. The van der Waals surface area contributed by atoms with Gasteiger partial charge in [-0.2, -0.15) is 0 Å². The number of tetrazole rings is 1. The molecule has 3 rings (SSSR count). The second-order valence-electron chi connectivity index (χ2n) is 6.08. The Morgan fingerprint density at radius 1 is 1.19 bits per heavy atom. The van der Waals surface area contributed by atoms with Gasteiger partial charge in [-0.25, -0.2) is 4.68 Å². The Balaban J connectivity index is 1.56. The first kappa shape index (κ1) is 18.7. The number of ether oxygens (including phenoxy) is 1. The lowest BCUT2D eigenvalue weighted by Crippen LogP contribution is -2.16. The summed E-state index contributed by atoms with van der Waals surface area (Å²) in [6.07, 6.45) is 2.06. The Hall–Kier alpha value is -2.12. The maximum atomic E-state index is 5.97. The van der Waals surface area contributed by atoms with E-state index in [2.05, 4.69) is 64.2 Å². The summed E-state index contributed by atoms with van der Waals surface area (Å²) in [6.45, 7) is 4.61. The average Bonchev–Trinajstić information content (AvgIpc) is 3.08. The first-order valence-corrected chi connectivity index (χ1v) is 9.97. The van der Waals surface area contributed by atoms with Crippen molar-refractivity contribution in [1.29, 1.82) is 0 Å². The zero-order valence-electron chi connectivity index (χ0n) is 15.3. The Bertz CT molecular complexity index is 836. The van der Waals surface area contributed by atoms with Crippen molar-refractivity contribution in [2.24, 2.45) is 7.05 Å². The SMILES string of the molecule is CCCOc1ccc2ccccc2c1CNCCCSc1nnnn1C. The van der Waals surface area contributed by atoms with Gasteiger partial charge in [0, 0.05) is 24.9 Å². The summed E-state index contributed by atoms with van der Waals surface area (Å²) in [5, 5.41) is 18.4. The molecule has 2 aromatic carbocycles. The van der Waals surface area contributed by atoms with Crippen molar-refractivity contribution >= 4 is 22.5 Å². The highest BCUT2D eigenvalue weighted by molar-refractivity contribution is 7.99. The van der Waals surface area contributed by atoms with Gasteiger partial charge in [-0.3, -0.25) is 0 Å². The number of nitrogens with zero attached hydrogens (tertiary/aromatic N) is 4. The van der Waals surface area contributed by atoms with Crippen molar-refractivity contribution in [3.05, 3.63) is 42.0 Å². The molecular weight excluding hydrogens is 346 g/mol. The normalized spacial score (nSPS) is 11.2. The number of aromatic nitrogens is 4. The molecule has 1 aromatic heterocycles. The van der Waals surface area contributed by atoms with Crippen LogP contribution in [0.2, 0.25) is 0 Å². The van der Waals surface area contributed by atoms with E-state index >= 15 is 0 Å². The number of thioether (sulfide) groups is 1. The highest BCUT2D eigenvalue weighted by Crippen LogP contribution is 2.28. The number of benzene rings is 2. The van der Waals surface area contributed by atoms with E-state index in [9.17, 15) is 0 Å². The fraction of sp³-hybridized carbons (Fsp3) is 0.421. The number of hydrogen-bond acceptors (Lipinski definition) is 6. The lowest BCUT2D eigenvalue weighted by atomic mass is 10.0. The van der Waals surface area contributed by atoms with Crippen LogP contribution in [0.4, 0.5) is 0 Å². The van der Waals surface area contributed by atoms with Crippen LogP contribution in [0, 0.1) is 0 Å². The van der Waals surface area contributed by atoms with Crippen LogP contribution in [0.3, 0.4) is 0 Å². The summed E-state index contributed by atoms with van der Waals surface area (Å²) < 4.78 is 7.67. The van der Waals surface area contributed by atoms with Crippen LogP contribution in [-0.4, -0.2) is 39.1 Å². The molecule has 138 valence electrons. The van der Waals surface area contributed by atoms with Gasteiger partial charge in [-0.15, -0.1) is 5.10 Å². The third-order valence-corrected chi connectivity index (χ3v) is 5.17. The second-order valence-corrected chi connectivity index (χ2v) is 7.14. The van der Waals surface area contributed by atoms with E-state index in [1.807, 2.05) is 7.05 Å². The molecule has 0 aliphatic carbocycles. The van der Waals surface area contributed by atoms with Gasteiger partial charge < -0.3 is 10.1 Å². The van der Waals surface area contributed by atoms with Gasteiger partial charge >= 0.3 is 0 Å². The van der Waals surface area contributed by atoms with Crippen LogP contribution in [0.15, 0.2) is 41.6 Å². The van der Waals surface area contributed by atoms with Gasteiger partial charge in [0.2, 0.25) is 5.16 Å². The zero-order valence-corrected chi connectivity index (χ0v) is 16.1. The van der Waals surface area contributed by atoms with Crippen LogP contribution >= 0.6 is 11.8 Å². The van der Waals surface area contributed by atoms with Gasteiger partial charge in [-0.05, 0) is 46.7 Å². The summed E-state index contributed by atoms with van der Waals surface area (Å²) in [5.41, 5.74) is 1.24. The molecular formula is C19H25N5OS. The molecule has 0 atom stereocenters. The number of nitrogens with one attached hydrogen (secondary N) is 1. The molecule has 0 saturated heterocycles. The number of rotatable bonds is 10. The van der Waals surface area contributed by atoms with Crippen molar-refractivity contribution in [1.82, 2.24) is 25.5 Å². The Labute approximate surface area is 158 Å². The van der Waals surface area contributed by atoms with Crippen molar-refractivity contribution in [2.75, 3.05) is 18.9 Å². The molecule has 1 N–H and O–H groups in total. The predicted octanol–water partition coefficient (Wildman–Crippen LogP) is 3.42. The Morgan fingerprint density at radius 2 is 2.08 bits per heavy atom. The van der Waals surface area contributed by atoms with Crippen molar-refractivity contribution in [3.8, 4) is 5.75 Å². The molecule has 0 amide bonds. The van der Waals surface area contributed by atoms with Crippen LogP contribution in [0.5, 0.6) is 5.75 Å². The standard InChI is InChI=1S/C19H25N5OS/c1-3-12-25-18-10-9-15-7-4-5-8-16(15)17(18)14-20-11-6-13-26-19-21-22-23-24(19)2/h4-5,7-10,20H,3,6,11-14H2,1-2H3. The fourth-order valence-corrected chi connectivity index (χ4v) is 3.55. The minimum Gasteiger partial charge on any atom is -0.493 e. The number of hydrogen-bond donors (Lipinski definition) is 1. The molecule has 0 aliphatic rings. The molecule has 0 unspecified atom stereocenters.